The van der Waals surface area contributed by atoms with Crippen LogP contribution >= 0.6 is 11.3 Å². The lowest BCUT2D eigenvalue weighted by molar-refractivity contribution is -0.124. The molecule has 30 heavy (non-hydrogen) atoms. The summed E-state index contributed by atoms with van der Waals surface area (Å²) < 4.78 is 2.87. The second-order valence-corrected chi connectivity index (χ2v) is 9.24. The van der Waals surface area contributed by atoms with Gasteiger partial charge in [-0.05, 0) is 37.0 Å². The SMILES string of the molecule is C[C@@H]1CN(c2ccnn3cc(-c4nc5cnccc5s4)cc23)C(=O)[C@]1(C#N)C1CC1. The predicted octanol–water partition coefficient (Wildman–Crippen LogP) is 3.91. The number of carbonyl (C=O) groups is 1. The first-order chi connectivity index (χ1) is 14.6. The molecule has 0 radical (unpaired) electrons. The van der Waals surface area contributed by atoms with Gasteiger partial charge in [-0.25, -0.2) is 9.50 Å². The monoisotopic (exact) mass is 414 g/mol. The quantitative estimate of drug-likeness (QED) is 0.507. The minimum atomic E-state index is -0.893. The summed E-state index contributed by atoms with van der Waals surface area (Å²) in [5.74, 6) is 0.121. The maximum absolute atomic E-state index is 13.4. The van der Waals surface area contributed by atoms with Crippen LogP contribution in [0.5, 0.6) is 0 Å². The molecule has 8 heteroatoms. The number of anilines is 1. The second kappa shape index (κ2) is 6.09. The molecule has 1 saturated carbocycles. The molecule has 1 amide bonds. The van der Waals surface area contributed by atoms with Crippen molar-refractivity contribution in [1.82, 2.24) is 19.6 Å². The highest BCUT2D eigenvalue weighted by Gasteiger charge is 2.61. The topological polar surface area (TPSA) is 87.2 Å². The first-order valence-electron chi connectivity index (χ1n) is 10.0. The van der Waals surface area contributed by atoms with Gasteiger partial charge in [-0.1, -0.05) is 6.92 Å². The maximum Gasteiger partial charge on any atom is 0.248 e. The summed E-state index contributed by atoms with van der Waals surface area (Å²) in [7, 11) is 0. The Bertz CT molecular complexity index is 1330. The van der Waals surface area contributed by atoms with Crippen LogP contribution in [0.1, 0.15) is 19.8 Å². The number of hydrogen-bond acceptors (Lipinski definition) is 6. The van der Waals surface area contributed by atoms with Crippen molar-refractivity contribution < 1.29 is 4.79 Å². The number of rotatable bonds is 3. The second-order valence-electron chi connectivity index (χ2n) is 8.21. The molecule has 4 aromatic rings. The number of nitrogens with zero attached hydrogens (tertiary/aromatic N) is 6. The first-order valence-corrected chi connectivity index (χ1v) is 10.8. The van der Waals surface area contributed by atoms with Gasteiger partial charge in [-0.2, -0.15) is 10.4 Å². The van der Waals surface area contributed by atoms with E-state index in [4.69, 9.17) is 4.98 Å². The average Bonchev–Trinajstić information content (AvgIpc) is 3.27. The first kappa shape index (κ1) is 17.5. The molecule has 2 fully saturated rings. The van der Waals surface area contributed by atoms with E-state index in [1.54, 1.807) is 39.3 Å². The van der Waals surface area contributed by atoms with E-state index in [0.717, 1.165) is 44.8 Å². The third-order valence-electron chi connectivity index (χ3n) is 6.45. The lowest BCUT2D eigenvalue weighted by atomic mass is 9.75. The van der Waals surface area contributed by atoms with Gasteiger partial charge in [-0.3, -0.25) is 9.78 Å². The highest BCUT2D eigenvalue weighted by molar-refractivity contribution is 7.21. The molecule has 1 aliphatic heterocycles. The molecule has 4 aromatic heterocycles. The van der Waals surface area contributed by atoms with E-state index in [1.807, 2.05) is 31.3 Å². The number of amides is 1. The van der Waals surface area contributed by atoms with E-state index in [-0.39, 0.29) is 17.7 Å². The van der Waals surface area contributed by atoms with E-state index in [1.165, 1.54) is 0 Å². The molecule has 7 nitrogen and oxygen atoms in total. The molecule has 0 spiro atoms. The largest absolute Gasteiger partial charge is 0.309 e. The lowest BCUT2D eigenvalue weighted by Gasteiger charge is -2.23. The van der Waals surface area contributed by atoms with Crippen LogP contribution in [0.4, 0.5) is 5.69 Å². The highest BCUT2D eigenvalue weighted by Crippen LogP contribution is 2.54. The van der Waals surface area contributed by atoms with Crippen LogP contribution in [0.3, 0.4) is 0 Å². The number of carbonyl (C=O) groups excluding carboxylic acids is 1. The number of aromatic nitrogens is 4. The van der Waals surface area contributed by atoms with Crippen molar-refractivity contribution in [3.05, 3.63) is 43.0 Å². The number of nitriles is 1. The van der Waals surface area contributed by atoms with Gasteiger partial charge in [0.1, 0.15) is 15.9 Å². The summed E-state index contributed by atoms with van der Waals surface area (Å²) in [5.41, 5.74) is 2.57. The Hall–Kier alpha value is -3.31. The molecule has 6 rings (SSSR count). The number of hydrogen-bond donors (Lipinski definition) is 0. The van der Waals surface area contributed by atoms with E-state index in [0.29, 0.717) is 6.54 Å². The highest BCUT2D eigenvalue weighted by atomic mass is 32.1. The Balaban J connectivity index is 1.45. The summed E-state index contributed by atoms with van der Waals surface area (Å²) in [6.45, 7) is 2.58. The number of fused-ring (bicyclic) bond motifs is 2. The predicted molar refractivity (Wildman–Crippen MR) is 114 cm³/mol. The van der Waals surface area contributed by atoms with Crippen molar-refractivity contribution >= 4 is 38.7 Å². The van der Waals surface area contributed by atoms with Crippen LogP contribution in [0.2, 0.25) is 0 Å². The molecule has 0 N–H and O–H groups in total. The van der Waals surface area contributed by atoms with E-state index in [9.17, 15) is 10.1 Å². The van der Waals surface area contributed by atoms with Crippen LogP contribution in [0.15, 0.2) is 43.0 Å². The normalized spacial score (nSPS) is 24.1. The molecule has 0 bridgehead atoms. The Morgan fingerprint density at radius 2 is 2.17 bits per heavy atom. The average molecular weight is 414 g/mol. The van der Waals surface area contributed by atoms with Crippen molar-refractivity contribution in [1.29, 1.82) is 5.26 Å². The van der Waals surface area contributed by atoms with Crippen molar-refractivity contribution in [2.45, 2.75) is 19.8 Å². The fourth-order valence-corrected chi connectivity index (χ4v) is 5.67. The zero-order valence-corrected chi connectivity index (χ0v) is 17.1. The van der Waals surface area contributed by atoms with E-state index < -0.39 is 5.41 Å². The van der Waals surface area contributed by atoms with Gasteiger partial charge in [0.2, 0.25) is 5.91 Å². The zero-order chi connectivity index (χ0) is 20.5. The molecule has 0 aromatic carbocycles. The third-order valence-corrected chi connectivity index (χ3v) is 7.54. The molecule has 148 valence electrons. The van der Waals surface area contributed by atoms with Crippen molar-refractivity contribution in [2.24, 2.45) is 17.3 Å². The van der Waals surface area contributed by atoms with Crippen LogP contribution in [0, 0.1) is 28.6 Å². The Morgan fingerprint density at radius 3 is 2.93 bits per heavy atom. The molecule has 2 aliphatic rings. The smallest absolute Gasteiger partial charge is 0.248 e. The van der Waals surface area contributed by atoms with Crippen LogP contribution in [-0.4, -0.2) is 32.0 Å². The summed E-state index contributed by atoms with van der Waals surface area (Å²) >= 11 is 1.60. The molecule has 0 unspecified atom stereocenters. The van der Waals surface area contributed by atoms with E-state index >= 15 is 0 Å². The maximum atomic E-state index is 13.4. The van der Waals surface area contributed by atoms with Crippen LogP contribution in [-0.2, 0) is 4.79 Å². The Labute approximate surface area is 176 Å². The minimum absolute atomic E-state index is 0.00177. The van der Waals surface area contributed by atoms with Gasteiger partial charge < -0.3 is 4.90 Å². The molecular weight excluding hydrogens is 396 g/mol. The van der Waals surface area contributed by atoms with Crippen LogP contribution in [0.25, 0.3) is 26.3 Å². The van der Waals surface area contributed by atoms with Crippen LogP contribution < -0.4 is 4.90 Å². The lowest BCUT2D eigenvalue weighted by Crippen LogP contribution is -2.37. The van der Waals surface area contributed by atoms with E-state index in [2.05, 4.69) is 16.2 Å². The van der Waals surface area contributed by atoms with Gasteiger partial charge in [-0.15, -0.1) is 11.3 Å². The fraction of sp³-hybridized carbons (Fsp3) is 0.318. The summed E-state index contributed by atoms with van der Waals surface area (Å²) in [5, 5.41) is 15.3. The number of thiazole rings is 1. The molecule has 1 saturated heterocycles. The molecule has 2 atom stereocenters. The zero-order valence-electron chi connectivity index (χ0n) is 16.3. The third kappa shape index (κ3) is 2.30. The molecule has 5 heterocycles. The number of pyridine rings is 1. The van der Waals surface area contributed by atoms with Crippen molar-refractivity contribution in [3.8, 4) is 16.6 Å². The molecule has 1 aliphatic carbocycles. The summed E-state index contributed by atoms with van der Waals surface area (Å²) in [4.78, 5) is 24.1. The van der Waals surface area contributed by atoms with Crippen molar-refractivity contribution in [3.63, 3.8) is 0 Å². The summed E-state index contributed by atoms with van der Waals surface area (Å²) in [6.07, 6.45) is 9.10. The summed E-state index contributed by atoms with van der Waals surface area (Å²) in [6, 6.07) is 8.25. The standard InChI is InChI=1S/C22H18N6OS/c1-13-10-27(21(29)22(13,12-23)15-2-3-15)17-4-7-25-28-11-14(8-18(17)28)20-26-16-9-24-6-5-19(16)30-20/h4-9,11,13,15H,2-3,10H2,1H3/t13-,22+/m1/s1. The minimum Gasteiger partial charge on any atom is -0.309 e. The van der Waals surface area contributed by atoms with Gasteiger partial charge in [0.25, 0.3) is 0 Å². The van der Waals surface area contributed by atoms with Gasteiger partial charge in [0.05, 0.1) is 28.2 Å². The fourth-order valence-electron chi connectivity index (χ4n) is 4.76. The van der Waals surface area contributed by atoms with Gasteiger partial charge >= 0.3 is 0 Å². The molecular formula is C22H18N6OS. The van der Waals surface area contributed by atoms with Gasteiger partial charge in [0, 0.05) is 36.6 Å². The van der Waals surface area contributed by atoms with Gasteiger partial charge in [0.15, 0.2) is 0 Å². The Morgan fingerprint density at radius 1 is 1.30 bits per heavy atom. The van der Waals surface area contributed by atoms with Crippen molar-refractivity contribution in [2.75, 3.05) is 11.4 Å². The Kier molecular flexibility index (Phi) is 3.56.